The Labute approximate surface area is 100 Å². The SMILES string of the molecule is Nc1ncnc2nc(-c3cc(F)ccc3O)[nH]c12. The number of rotatable bonds is 1. The average molecular weight is 245 g/mol. The van der Waals surface area contributed by atoms with Crippen molar-refractivity contribution in [3.8, 4) is 17.1 Å². The molecule has 0 fully saturated rings. The van der Waals surface area contributed by atoms with Crippen LogP contribution in [0.2, 0.25) is 0 Å². The smallest absolute Gasteiger partial charge is 0.183 e. The number of nitrogens with one attached hydrogen (secondary N) is 1. The zero-order chi connectivity index (χ0) is 12.7. The second-order valence-corrected chi connectivity index (χ2v) is 3.70. The first-order valence-corrected chi connectivity index (χ1v) is 5.10. The minimum atomic E-state index is -0.470. The summed E-state index contributed by atoms with van der Waals surface area (Å²) < 4.78 is 13.2. The minimum absolute atomic E-state index is 0.0815. The molecule has 3 aromatic rings. The number of halogens is 1. The van der Waals surface area contributed by atoms with Gasteiger partial charge < -0.3 is 15.8 Å². The molecule has 2 aromatic heterocycles. The van der Waals surface area contributed by atoms with Gasteiger partial charge in [0.2, 0.25) is 0 Å². The van der Waals surface area contributed by atoms with Gasteiger partial charge in [0.1, 0.15) is 29.2 Å². The summed E-state index contributed by atoms with van der Waals surface area (Å²) in [5, 5.41) is 9.69. The quantitative estimate of drug-likeness (QED) is 0.602. The summed E-state index contributed by atoms with van der Waals surface area (Å²) in [6.45, 7) is 0. The summed E-state index contributed by atoms with van der Waals surface area (Å²) >= 11 is 0. The van der Waals surface area contributed by atoms with Crippen LogP contribution < -0.4 is 5.73 Å². The number of anilines is 1. The minimum Gasteiger partial charge on any atom is -0.507 e. The van der Waals surface area contributed by atoms with Gasteiger partial charge in [-0.15, -0.1) is 0 Å². The number of hydrogen-bond donors (Lipinski definition) is 3. The molecule has 0 radical (unpaired) electrons. The molecule has 7 heteroatoms. The normalized spacial score (nSPS) is 10.9. The van der Waals surface area contributed by atoms with Gasteiger partial charge in [0.25, 0.3) is 0 Å². The molecule has 0 spiro atoms. The van der Waals surface area contributed by atoms with Gasteiger partial charge in [-0.2, -0.15) is 0 Å². The summed E-state index contributed by atoms with van der Waals surface area (Å²) in [6.07, 6.45) is 1.29. The Bertz CT molecular complexity index is 739. The molecule has 0 aliphatic heterocycles. The summed E-state index contributed by atoms with van der Waals surface area (Å²) in [5.41, 5.74) is 6.72. The summed E-state index contributed by atoms with van der Waals surface area (Å²) in [5.74, 6) is -0.0202. The van der Waals surface area contributed by atoms with E-state index in [1.54, 1.807) is 0 Å². The lowest BCUT2D eigenvalue weighted by molar-refractivity contribution is 0.475. The standard InChI is InChI=1S/C11H8FN5O/c12-5-1-2-7(18)6(3-5)10-16-8-9(13)14-4-15-11(8)17-10/h1-4,18H,(H3,13,14,15,16,17). The largest absolute Gasteiger partial charge is 0.507 e. The highest BCUT2D eigenvalue weighted by atomic mass is 19.1. The molecular weight excluding hydrogens is 237 g/mol. The van der Waals surface area contributed by atoms with Crippen molar-refractivity contribution >= 4 is 17.0 Å². The monoisotopic (exact) mass is 245 g/mol. The highest BCUT2D eigenvalue weighted by Crippen LogP contribution is 2.29. The van der Waals surface area contributed by atoms with Gasteiger partial charge in [0.15, 0.2) is 11.5 Å². The fraction of sp³-hybridized carbons (Fsp3) is 0. The number of aromatic hydroxyl groups is 1. The Morgan fingerprint density at radius 3 is 2.89 bits per heavy atom. The van der Waals surface area contributed by atoms with E-state index in [-0.39, 0.29) is 23.0 Å². The highest BCUT2D eigenvalue weighted by molar-refractivity contribution is 5.84. The molecule has 3 rings (SSSR count). The Morgan fingerprint density at radius 1 is 1.28 bits per heavy atom. The Hall–Kier alpha value is -2.70. The molecule has 18 heavy (non-hydrogen) atoms. The van der Waals surface area contributed by atoms with Crippen molar-refractivity contribution in [2.45, 2.75) is 0 Å². The van der Waals surface area contributed by atoms with Gasteiger partial charge in [-0.3, -0.25) is 0 Å². The third-order valence-electron chi connectivity index (χ3n) is 2.53. The van der Waals surface area contributed by atoms with Crippen LogP contribution in [-0.4, -0.2) is 25.0 Å². The number of phenols is 1. The first kappa shape index (κ1) is 10.5. The highest BCUT2D eigenvalue weighted by Gasteiger charge is 2.12. The number of nitrogens with two attached hydrogens (primary N) is 1. The maximum Gasteiger partial charge on any atom is 0.183 e. The molecular formula is C11H8FN5O. The topological polar surface area (TPSA) is 101 Å². The molecule has 2 heterocycles. The molecule has 6 nitrogen and oxygen atoms in total. The van der Waals surface area contributed by atoms with Crippen LogP contribution in [-0.2, 0) is 0 Å². The van der Waals surface area contributed by atoms with Gasteiger partial charge in [-0.1, -0.05) is 0 Å². The summed E-state index contributed by atoms with van der Waals surface area (Å²) in [7, 11) is 0. The molecule has 0 aliphatic rings. The Kier molecular flexibility index (Phi) is 2.12. The van der Waals surface area contributed by atoms with Gasteiger partial charge >= 0.3 is 0 Å². The van der Waals surface area contributed by atoms with Crippen molar-refractivity contribution in [3.63, 3.8) is 0 Å². The third kappa shape index (κ3) is 1.53. The van der Waals surface area contributed by atoms with E-state index in [2.05, 4.69) is 19.9 Å². The third-order valence-corrected chi connectivity index (χ3v) is 2.53. The van der Waals surface area contributed by atoms with Crippen molar-refractivity contribution in [2.75, 3.05) is 5.73 Å². The van der Waals surface area contributed by atoms with E-state index in [0.717, 1.165) is 6.07 Å². The van der Waals surface area contributed by atoms with E-state index in [1.807, 2.05) is 0 Å². The van der Waals surface area contributed by atoms with E-state index < -0.39 is 5.82 Å². The number of H-pyrrole nitrogens is 1. The second-order valence-electron chi connectivity index (χ2n) is 3.70. The fourth-order valence-electron chi connectivity index (χ4n) is 1.67. The van der Waals surface area contributed by atoms with E-state index >= 15 is 0 Å². The molecule has 90 valence electrons. The van der Waals surface area contributed by atoms with Crippen LogP contribution in [0.5, 0.6) is 5.75 Å². The first-order valence-electron chi connectivity index (χ1n) is 5.10. The number of phenolic OH excluding ortho intramolecular Hbond substituents is 1. The predicted molar refractivity (Wildman–Crippen MR) is 63.2 cm³/mol. The van der Waals surface area contributed by atoms with E-state index in [9.17, 15) is 9.50 Å². The molecule has 0 bridgehead atoms. The van der Waals surface area contributed by atoms with Crippen molar-refractivity contribution in [1.29, 1.82) is 0 Å². The van der Waals surface area contributed by atoms with Gasteiger partial charge in [-0.05, 0) is 18.2 Å². The summed E-state index contributed by atoms with van der Waals surface area (Å²) in [6, 6.07) is 3.60. The molecule has 0 amide bonds. The lowest BCUT2D eigenvalue weighted by Crippen LogP contribution is -1.91. The van der Waals surface area contributed by atoms with Gasteiger partial charge in [0.05, 0.1) is 5.56 Å². The maximum absolute atomic E-state index is 13.2. The van der Waals surface area contributed by atoms with Crippen LogP contribution in [0.25, 0.3) is 22.6 Å². The fourth-order valence-corrected chi connectivity index (χ4v) is 1.67. The number of aromatic nitrogens is 4. The van der Waals surface area contributed by atoms with E-state index in [0.29, 0.717) is 11.2 Å². The Morgan fingerprint density at radius 2 is 2.11 bits per heavy atom. The van der Waals surface area contributed by atoms with Gasteiger partial charge in [-0.25, -0.2) is 19.3 Å². The number of imidazole rings is 1. The molecule has 0 atom stereocenters. The molecule has 4 N–H and O–H groups in total. The van der Waals surface area contributed by atoms with Crippen LogP contribution in [0.4, 0.5) is 10.2 Å². The molecule has 1 aromatic carbocycles. The second kappa shape index (κ2) is 3.66. The number of nitrogens with zero attached hydrogens (tertiary/aromatic N) is 3. The zero-order valence-electron chi connectivity index (χ0n) is 9.05. The van der Waals surface area contributed by atoms with Crippen molar-refractivity contribution in [1.82, 2.24) is 19.9 Å². The molecule has 0 aliphatic carbocycles. The van der Waals surface area contributed by atoms with Crippen molar-refractivity contribution in [3.05, 3.63) is 30.3 Å². The number of aromatic amines is 1. The average Bonchev–Trinajstić information content (AvgIpc) is 2.77. The van der Waals surface area contributed by atoms with E-state index in [1.165, 1.54) is 18.5 Å². The van der Waals surface area contributed by atoms with E-state index in [4.69, 9.17) is 5.73 Å². The van der Waals surface area contributed by atoms with Crippen LogP contribution in [0, 0.1) is 5.82 Å². The molecule has 0 saturated carbocycles. The van der Waals surface area contributed by atoms with Crippen LogP contribution in [0.3, 0.4) is 0 Å². The van der Waals surface area contributed by atoms with Crippen LogP contribution in [0.1, 0.15) is 0 Å². The lowest BCUT2D eigenvalue weighted by Gasteiger charge is -2.00. The van der Waals surface area contributed by atoms with Crippen molar-refractivity contribution < 1.29 is 9.50 Å². The molecule has 0 unspecified atom stereocenters. The number of hydrogen-bond acceptors (Lipinski definition) is 5. The zero-order valence-corrected chi connectivity index (χ0v) is 9.05. The number of nitrogen functional groups attached to an aromatic ring is 1. The summed E-state index contributed by atoms with van der Waals surface area (Å²) in [4.78, 5) is 14.7. The molecule has 0 saturated heterocycles. The van der Waals surface area contributed by atoms with Gasteiger partial charge in [0, 0.05) is 0 Å². The first-order chi connectivity index (χ1) is 8.65. The maximum atomic E-state index is 13.2. The Balaban J connectivity index is 2.26. The van der Waals surface area contributed by atoms with Crippen LogP contribution >= 0.6 is 0 Å². The number of fused-ring (bicyclic) bond motifs is 1. The van der Waals surface area contributed by atoms with Crippen LogP contribution in [0.15, 0.2) is 24.5 Å². The van der Waals surface area contributed by atoms with Crippen molar-refractivity contribution in [2.24, 2.45) is 0 Å². The lowest BCUT2D eigenvalue weighted by atomic mass is 10.2. The number of benzene rings is 1. The predicted octanol–water partition coefficient (Wildman–Crippen LogP) is 1.45.